The highest BCUT2D eigenvalue weighted by Gasteiger charge is 2.29. The minimum Gasteiger partial charge on any atom is -0.507 e. The average molecular weight is 360 g/mol. The van der Waals surface area contributed by atoms with Gasteiger partial charge >= 0.3 is 0 Å². The Morgan fingerprint density at radius 3 is 2.19 bits per heavy atom. The molecule has 2 aromatic carbocycles. The molecule has 0 amide bonds. The molecule has 0 fully saturated rings. The van der Waals surface area contributed by atoms with Gasteiger partial charge in [-0.05, 0) is 62.8 Å². The number of aromatic hydroxyl groups is 2. The van der Waals surface area contributed by atoms with Crippen molar-refractivity contribution >= 4 is 12.2 Å². The Morgan fingerprint density at radius 1 is 1.00 bits per heavy atom. The van der Waals surface area contributed by atoms with Gasteiger partial charge in [-0.2, -0.15) is 0 Å². The number of benzene rings is 2. The van der Waals surface area contributed by atoms with E-state index in [4.69, 9.17) is 0 Å². The molecule has 3 rings (SSSR count). The first-order valence-corrected chi connectivity index (χ1v) is 9.48. The molecule has 2 nitrogen and oxygen atoms in total. The normalized spacial score (nSPS) is 19.9. The van der Waals surface area contributed by atoms with Gasteiger partial charge in [0.15, 0.2) is 0 Å². The molecule has 0 aliphatic heterocycles. The lowest BCUT2D eigenvalue weighted by atomic mass is 9.73. The van der Waals surface area contributed by atoms with Crippen molar-refractivity contribution in [2.45, 2.75) is 39.5 Å². The first kappa shape index (κ1) is 19.0. The first-order chi connectivity index (χ1) is 12.8. The quantitative estimate of drug-likeness (QED) is 0.477. The molecule has 1 aliphatic rings. The Bertz CT molecular complexity index is 877. The van der Waals surface area contributed by atoms with E-state index in [1.807, 2.05) is 31.2 Å². The molecule has 2 aromatic rings. The number of hydrogen-bond acceptors (Lipinski definition) is 2. The topological polar surface area (TPSA) is 40.5 Å². The standard InChI is InChI=1S/C25H28O2/c1-16(2)21-12-7-18(4)13-22(21)25-23(26)14-20(15-24(25)27)11-10-19-8-5-17(3)6-9-19/h5-6,8-11,13-15,21-22,26-27H,1,7,12H2,2-4H3/b11-10+. The van der Waals surface area contributed by atoms with Crippen molar-refractivity contribution in [2.24, 2.45) is 5.92 Å². The minimum atomic E-state index is -0.0358. The summed E-state index contributed by atoms with van der Waals surface area (Å²) in [6.45, 7) is 10.3. The highest BCUT2D eigenvalue weighted by molar-refractivity contribution is 5.72. The molecule has 140 valence electrons. The predicted octanol–water partition coefficient (Wildman–Crippen LogP) is 6.59. The van der Waals surface area contributed by atoms with Crippen molar-refractivity contribution in [3.8, 4) is 11.5 Å². The van der Waals surface area contributed by atoms with E-state index in [0.29, 0.717) is 5.56 Å². The number of phenols is 2. The number of aryl methyl sites for hydroxylation is 1. The second-order valence-corrected chi connectivity index (χ2v) is 7.75. The van der Waals surface area contributed by atoms with E-state index in [9.17, 15) is 10.2 Å². The highest BCUT2D eigenvalue weighted by atomic mass is 16.3. The molecule has 27 heavy (non-hydrogen) atoms. The summed E-state index contributed by atoms with van der Waals surface area (Å²) in [6.07, 6.45) is 8.09. The Balaban J connectivity index is 1.93. The maximum absolute atomic E-state index is 10.7. The summed E-state index contributed by atoms with van der Waals surface area (Å²) in [7, 11) is 0. The average Bonchev–Trinajstić information content (AvgIpc) is 2.60. The number of allylic oxidation sites excluding steroid dienone is 3. The van der Waals surface area contributed by atoms with Crippen LogP contribution in [0.15, 0.2) is 60.2 Å². The molecule has 2 heteroatoms. The van der Waals surface area contributed by atoms with E-state index in [-0.39, 0.29) is 23.3 Å². The lowest BCUT2D eigenvalue weighted by molar-refractivity contribution is 0.407. The third-order valence-corrected chi connectivity index (χ3v) is 5.42. The summed E-state index contributed by atoms with van der Waals surface area (Å²) in [4.78, 5) is 0. The summed E-state index contributed by atoms with van der Waals surface area (Å²) < 4.78 is 0. The van der Waals surface area contributed by atoms with Gasteiger partial charge in [0.1, 0.15) is 11.5 Å². The van der Waals surface area contributed by atoms with E-state index < -0.39 is 0 Å². The van der Waals surface area contributed by atoms with Crippen LogP contribution in [0, 0.1) is 12.8 Å². The van der Waals surface area contributed by atoms with Gasteiger partial charge in [-0.25, -0.2) is 0 Å². The van der Waals surface area contributed by atoms with Crippen LogP contribution in [0.3, 0.4) is 0 Å². The molecule has 0 bridgehead atoms. The lowest BCUT2D eigenvalue weighted by Crippen LogP contribution is -2.17. The summed E-state index contributed by atoms with van der Waals surface area (Å²) >= 11 is 0. The van der Waals surface area contributed by atoms with Gasteiger partial charge in [0, 0.05) is 11.5 Å². The maximum atomic E-state index is 10.7. The molecule has 0 aromatic heterocycles. The second kappa shape index (κ2) is 7.87. The van der Waals surface area contributed by atoms with Gasteiger partial charge in [0.25, 0.3) is 0 Å². The van der Waals surface area contributed by atoms with Crippen molar-refractivity contribution in [2.75, 3.05) is 0 Å². The first-order valence-electron chi connectivity index (χ1n) is 9.48. The van der Waals surface area contributed by atoms with E-state index in [1.54, 1.807) is 12.1 Å². The van der Waals surface area contributed by atoms with Crippen LogP contribution in [-0.2, 0) is 0 Å². The Morgan fingerprint density at radius 2 is 1.59 bits per heavy atom. The molecule has 0 spiro atoms. The molecule has 0 saturated carbocycles. The van der Waals surface area contributed by atoms with E-state index in [1.165, 1.54) is 11.1 Å². The highest BCUT2D eigenvalue weighted by Crippen LogP contribution is 2.46. The summed E-state index contributed by atoms with van der Waals surface area (Å²) in [6, 6.07) is 11.7. The zero-order valence-electron chi connectivity index (χ0n) is 16.4. The van der Waals surface area contributed by atoms with Crippen LogP contribution in [0.1, 0.15) is 54.9 Å². The lowest BCUT2D eigenvalue weighted by Gasteiger charge is -2.31. The Labute approximate surface area is 162 Å². The van der Waals surface area contributed by atoms with Crippen LogP contribution < -0.4 is 0 Å². The van der Waals surface area contributed by atoms with Crippen LogP contribution in [0.4, 0.5) is 0 Å². The second-order valence-electron chi connectivity index (χ2n) is 7.75. The van der Waals surface area contributed by atoms with Gasteiger partial charge in [-0.1, -0.05) is 65.8 Å². The third kappa shape index (κ3) is 4.33. The van der Waals surface area contributed by atoms with E-state index in [0.717, 1.165) is 29.5 Å². The van der Waals surface area contributed by atoms with Crippen molar-refractivity contribution < 1.29 is 10.2 Å². The van der Waals surface area contributed by atoms with Crippen molar-refractivity contribution in [3.63, 3.8) is 0 Å². The molecule has 2 atom stereocenters. The fourth-order valence-corrected chi connectivity index (χ4v) is 3.86. The molecule has 0 radical (unpaired) electrons. The molecule has 0 saturated heterocycles. The van der Waals surface area contributed by atoms with Crippen molar-refractivity contribution in [1.82, 2.24) is 0 Å². The zero-order valence-corrected chi connectivity index (χ0v) is 16.4. The molecule has 2 unspecified atom stereocenters. The van der Waals surface area contributed by atoms with Gasteiger partial charge in [0.2, 0.25) is 0 Å². The minimum absolute atomic E-state index is 0.0358. The van der Waals surface area contributed by atoms with Gasteiger partial charge in [0.05, 0.1) is 0 Å². The zero-order chi connectivity index (χ0) is 19.6. The summed E-state index contributed by atoms with van der Waals surface area (Å²) in [5, 5.41) is 21.4. The summed E-state index contributed by atoms with van der Waals surface area (Å²) in [5.41, 5.74) is 6.06. The molecule has 0 heterocycles. The Hall–Kier alpha value is -2.74. The largest absolute Gasteiger partial charge is 0.507 e. The van der Waals surface area contributed by atoms with Gasteiger partial charge < -0.3 is 10.2 Å². The molecular weight excluding hydrogens is 332 g/mol. The van der Waals surface area contributed by atoms with Gasteiger partial charge in [-0.15, -0.1) is 0 Å². The molecular formula is C25H28O2. The fraction of sp³-hybridized carbons (Fsp3) is 0.280. The Kier molecular flexibility index (Phi) is 5.55. The van der Waals surface area contributed by atoms with Crippen LogP contribution in [0.25, 0.3) is 12.2 Å². The van der Waals surface area contributed by atoms with Crippen LogP contribution in [0.2, 0.25) is 0 Å². The fourth-order valence-electron chi connectivity index (χ4n) is 3.86. The van der Waals surface area contributed by atoms with Crippen molar-refractivity contribution in [3.05, 3.63) is 82.5 Å². The number of rotatable bonds is 4. The number of phenolic OH excluding ortho intramolecular Hbond substituents is 2. The van der Waals surface area contributed by atoms with Crippen molar-refractivity contribution in [1.29, 1.82) is 0 Å². The molecule has 2 N–H and O–H groups in total. The van der Waals surface area contributed by atoms with E-state index in [2.05, 4.69) is 38.6 Å². The predicted molar refractivity (Wildman–Crippen MR) is 114 cm³/mol. The van der Waals surface area contributed by atoms with Crippen LogP contribution >= 0.6 is 0 Å². The number of hydrogen-bond donors (Lipinski definition) is 2. The SMILES string of the molecule is C=C(C)C1CCC(C)=CC1c1c(O)cc(/C=C/c2ccc(C)cc2)cc1O. The van der Waals surface area contributed by atoms with Crippen LogP contribution in [-0.4, -0.2) is 10.2 Å². The summed E-state index contributed by atoms with van der Waals surface area (Å²) in [5.74, 6) is 0.479. The maximum Gasteiger partial charge on any atom is 0.123 e. The van der Waals surface area contributed by atoms with Crippen LogP contribution in [0.5, 0.6) is 11.5 Å². The smallest absolute Gasteiger partial charge is 0.123 e. The van der Waals surface area contributed by atoms with E-state index >= 15 is 0 Å². The monoisotopic (exact) mass is 360 g/mol. The van der Waals surface area contributed by atoms with Gasteiger partial charge in [-0.3, -0.25) is 0 Å². The molecule has 1 aliphatic carbocycles. The third-order valence-electron chi connectivity index (χ3n) is 5.42.